The van der Waals surface area contributed by atoms with E-state index in [1.165, 1.54) is 4.90 Å². The number of halogens is 3. The van der Waals surface area contributed by atoms with Crippen LogP contribution in [0.25, 0.3) is 0 Å². The molecule has 0 bridgehead atoms. The number of hydrogen-bond donors (Lipinski definition) is 1. The van der Waals surface area contributed by atoms with Crippen molar-refractivity contribution in [3.63, 3.8) is 0 Å². The third kappa shape index (κ3) is 5.87. The van der Waals surface area contributed by atoms with Crippen LogP contribution in [0.2, 0.25) is 0 Å². The van der Waals surface area contributed by atoms with E-state index in [1.807, 2.05) is 0 Å². The van der Waals surface area contributed by atoms with Gasteiger partial charge in [0.15, 0.2) is 0 Å². The van der Waals surface area contributed by atoms with Gasteiger partial charge in [0, 0.05) is 32.7 Å². The molecule has 0 saturated carbocycles. The molecular weight excluding hydrogens is 345 g/mol. The minimum Gasteiger partial charge on any atom is -0.481 e. The van der Waals surface area contributed by atoms with Crippen molar-refractivity contribution < 1.29 is 37.4 Å². The molecule has 0 aromatic heterocycles. The Morgan fingerprint density at radius 3 is 2.64 bits per heavy atom. The van der Waals surface area contributed by atoms with Crippen molar-refractivity contribution in [3.05, 3.63) is 0 Å². The van der Waals surface area contributed by atoms with Crippen molar-refractivity contribution in [2.45, 2.75) is 38.0 Å². The third-order valence-corrected chi connectivity index (χ3v) is 4.29. The second-order valence-electron chi connectivity index (χ2n) is 6.35. The fourth-order valence-corrected chi connectivity index (χ4v) is 3.12. The van der Waals surface area contributed by atoms with Crippen LogP contribution >= 0.6 is 0 Å². The van der Waals surface area contributed by atoms with Crippen molar-refractivity contribution in [1.82, 2.24) is 9.80 Å². The Labute approximate surface area is 142 Å². The van der Waals surface area contributed by atoms with Crippen LogP contribution in [0.3, 0.4) is 0 Å². The number of ether oxygens (including phenoxy) is 1. The molecule has 2 aliphatic heterocycles. The molecule has 2 atom stereocenters. The van der Waals surface area contributed by atoms with Gasteiger partial charge in [-0.15, -0.1) is 0 Å². The lowest BCUT2D eigenvalue weighted by molar-refractivity contribution is -0.157. The van der Waals surface area contributed by atoms with E-state index in [-0.39, 0.29) is 38.6 Å². The van der Waals surface area contributed by atoms with E-state index < -0.39 is 36.4 Å². The number of carbonyl (C=O) groups excluding carboxylic acids is 2. The standard InChI is InChI=1S/C15H21F3N2O5/c16-15(17,18)9-20-7-10(6-12(20)21)14(24)19(4-3-13(22)23)8-11-2-1-5-25-11/h10-11H,1-9H2,(H,22,23)/t10-,11-/m0/s1. The Morgan fingerprint density at radius 2 is 2.08 bits per heavy atom. The van der Waals surface area contributed by atoms with E-state index >= 15 is 0 Å². The maximum absolute atomic E-state index is 12.6. The topological polar surface area (TPSA) is 87.1 Å². The monoisotopic (exact) mass is 366 g/mol. The van der Waals surface area contributed by atoms with Gasteiger partial charge >= 0.3 is 12.1 Å². The SMILES string of the molecule is O=C(O)CCN(C[C@@H]1CCCO1)C(=O)[C@H]1CC(=O)N(CC(F)(F)F)C1. The van der Waals surface area contributed by atoms with Gasteiger partial charge in [0.25, 0.3) is 0 Å². The molecule has 0 radical (unpaired) electrons. The van der Waals surface area contributed by atoms with Crippen molar-refractivity contribution in [2.75, 3.05) is 32.8 Å². The van der Waals surface area contributed by atoms with Crippen LogP contribution in [0.4, 0.5) is 13.2 Å². The molecule has 0 spiro atoms. The highest BCUT2D eigenvalue weighted by atomic mass is 19.4. The molecule has 2 aliphatic rings. The molecule has 2 fully saturated rings. The van der Waals surface area contributed by atoms with Crippen LogP contribution in [0, 0.1) is 5.92 Å². The molecule has 10 heteroatoms. The largest absolute Gasteiger partial charge is 0.481 e. The van der Waals surface area contributed by atoms with Crippen LogP contribution in [-0.4, -0.2) is 77.8 Å². The molecule has 1 N–H and O–H groups in total. The number of carboxylic acid groups (broad SMARTS) is 1. The predicted molar refractivity (Wildman–Crippen MR) is 78.5 cm³/mol. The lowest BCUT2D eigenvalue weighted by atomic mass is 10.1. The van der Waals surface area contributed by atoms with Gasteiger partial charge in [-0.1, -0.05) is 0 Å². The van der Waals surface area contributed by atoms with Crippen molar-refractivity contribution in [1.29, 1.82) is 0 Å². The lowest BCUT2D eigenvalue weighted by Crippen LogP contribution is -2.43. The van der Waals surface area contributed by atoms with E-state index in [0.29, 0.717) is 11.5 Å². The molecular formula is C15H21F3N2O5. The Morgan fingerprint density at radius 1 is 1.36 bits per heavy atom. The van der Waals surface area contributed by atoms with Crippen LogP contribution in [0.5, 0.6) is 0 Å². The molecule has 2 heterocycles. The van der Waals surface area contributed by atoms with Gasteiger partial charge in [-0.25, -0.2) is 0 Å². The molecule has 142 valence electrons. The van der Waals surface area contributed by atoms with E-state index in [9.17, 15) is 27.6 Å². The summed E-state index contributed by atoms with van der Waals surface area (Å²) >= 11 is 0. The van der Waals surface area contributed by atoms with Crippen molar-refractivity contribution >= 4 is 17.8 Å². The van der Waals surface area contributed by atoms with Gasteiger partial charge in [0.05, 0.1) is 18.4 Å². The molecule has 0 aromatic rings. The molecule has 7 nitrogen and oxygen atoms in total. The molecule has 0 unspecified atom stereocenters. The molecule has 0 aliphatic carbocycles. The molecule has 25 heavy (non-hydrogen) atoms. The Kier molecular flexibility index (Phi) is 6.26. The van der Waals surface area contributed by atoms with Crippen LogP contribution in [-0.2, 0) is 19.1 Å². The summed E-state index contributed by atoms with van der Waals surface area (Å²) in [6.07, 6.45) is -3.71. The number of carbonyl (C=O) groups is 3. The zero-order chi connectivity index (χ0) is 18.6. The minimum atomic E-state index is -4.52. The summed E-state index contributed by atoms with van der Waals surface area (Å²) in [5.74, 6) is -3.17. The fraction of sp³-hybridized carbons (Fsp3) is 0.800. The lowest BCUT2D eigenvalue weighted by Gasteiger charge is -2.27. The number of hydrogen-bond acceptors (Lipinski definition) is 4. The van der Waals surface area contributed by atoms with Gasteiger partial charge in [0.2, 0.25) is 11.8 Å². The van der Waals surface area contributed by atoms with Gasteiger partial charge in [-0.3, -0.25) is 14.4 Å². The summed E-state index contributed by atoms with van der Waals surface area (Å²) in [6.45, 7) is -0.982. The predicted octanol–water partition coefficient (Wildman–Crippen LogP) is 0.879. The molecule has 0 aromatic carbocycles. The normalized spacial score (nSPS) is 24.0. The smallest absolute Gasteiger partial charge is 0.406 e. The number of alkyl halides is 3. The highest BCUT2D eigenvalue weighted by Gasteiger charge is 2.42. The summed E-state index contributed by atoms with van der Waals surface area (Å²) in [5, 5.41) is 8.83. The Bertz CT molecular complexity index is 520. The summed E-state index contributed by atoms with van der Waals surface area (Å²) in [4.78, 5) is 37.1. The van der Waals surface area contributed by atoms with Crippen molar-refractivity contribution in [3.8, 4) is 0 Å². The molecule has 2 saturated heterocycles. The average Bonchev–Trinajstić information content (AvgIpc) is 3.11. The fourth-order valence-electron chi connectivity index (χ4n) is 3.12. The van der Waals surface area contributed by atoms with Gasteiger partial charge in [-0.05, 0) is 12.8 Å². The zero-order valence-electron chi connectivity index (χ0n) is 13.6. The number of aliphatic carboxylic acids is 1. The second kappa shape index (κ2) is 8.03. The maximum Gasteiger partial charge on any atom is 0.406 e. The highest BCUT2D eigenvalue weighted by Crippen LogP contribution is 2.26. The first-order valence-corrected chi connectivity index (χ1v) is 8.12. The maximum atomic E-state index is 12.6. The molecule has 2 rings (SSSR count). The Hall–Kier alpha value is -1.84. The van der Waals surface area contributed by atoms with Gasteiger partial charge in [-0.2, -0.15) is 13.2 Å². The second-order valence-corrected chi connectivity index (χ2v) is 6.35. The van der Waals surface area contributed by atoms with Crippen LogP contribution in [0.1, 0.15) is 25.7 Å². The minimum absolute atomic E-state index is 0.0576. The van der Waals surface area contributed by atoms with Gasteiger partial charge in [0.1, 0.15) is 6.54 Å². The van der Waals surface area contributed by atoms with Gasteiger partial charge < -0.3 is 19.6 Å². The first kappa shape index (κ1) is 19.5. The van der Waals surface area contributed by atoms with Crippen LogP contribution in [0.15, 0.2) is 0 Å². The summed E-state index contributed by atoms with van der Waals surface area (Å²) in [5.41, 5.74) is 0. The van der Waals surface area contributed by atoms with E-state index in [2.05, 4.69) is 0 Å². The first-order valence-electron chi connectivity index (χ1n) is 8.12. The number of likely N-dealkylation sites (tertiary alicyclic amines) is 1. The first-order chi connectivity index (χ1) is 11.7. The van der Waals surface area contributed by atoms with Crippen molar-refractivity contribution in [2.24, 2.45) is 5.92 Å². The zero-order valence-corrected chi connectivity index (χ0v) is 13.6. The summed E-state index contributed by atoms with van der Waals surface area (Å²) < 4.78 is 42.9. The average molecular weight is 366 g/mol. The third-order valence-electron chi connectivity index (χ3n) is 4.29. The number of rotatable bonds is 7. The number of carboxylic acids is 1. The number of amides is 2. The number of nitrogens with zero attached hydrogens (tertiary/aromatic N) is 2. The van der Waals surface area contributed by atoms with E-state index in [4.69, 9.17) is 9.84 Å². The summed E-state index contributed by atoms with van der Waals surface area (Å²) in [7, 11) is 0. The van der Waals surface area contributed by atoms with E-state index in [1.54, 1.807) is 0 Å². The quantitative estimate of drug-likeness (QED) is 0.723. The van der Waals surface area contributed by atoms with E-state index in [0.717, 1.165) is 12.8 Å². The Balaban J connectivity index is 1.99. The highest BCUT2D eigenvalue weighted by molar-refractivity contribution is 5.89. The molecule has 2 amide bonds. The van der Waals surface area contributed by atoms with Crippen LogP contribution < -0.4 is 0 Å². The summed E-state index contributed by atoms with van der Waals surface area (Å²) in [6, 6.07) is 0.